The summed E-state index contributed by atoms with van der Waals surface area (Å²) in [5.41, 5.74) is 0. The molecule has 0 aromatic carbocycles. The zero-order valence-corrected chi connectivity index (χ0v) is 18.0. The minimum Gasteiger partial charge on any atom is -0.434 e. The molecule has 0 atom stereocenters. The lowest BCUT2D eigenvalue weighted by atomic mass is 11.2. The van der Waals surface area contributed by atoms with Crippen molar-refractivity contribution in [2.24, 2.45) is 0 Å². The van der Waals surface area contributed by atoms with Crippen molar-refractivity contribution in [3.63, 3.8) is 0 Å². The normalized spacial score (nSPS) is 14.8. The van der Waals surface area contributed by atoms with Gasteiger partial charge in [-0.25, -0.2) is 0 Å². The Hall–Kier alpha value is 0.528. The summed E-state index contributed by atoms with van der Waals surface area (Å²) in [4.78, 5) is 1.31. The fourth-order valence-corrected chi connectivity index (χ4v) is 19.2. The van der Waals surface area contributed by atoms with Crippen LogP contribution in [0.5, 0.6) is 0 Å². The lowest BCUT2D eigenvalue weighted by Crippen LogP contribution is -2.58. The van der Waals surface area contributed by atoms with Crippen LogP contribution in [0.3, 0.4) is 0 Å². The molecule has 0 N–H and O–H groups in total. The quantitative estimate of drug-likeness (QED) is 0.658. The maximum atomic E-state index is 6.52. The van der Waals surface area contributed by atoms with E-state index in [0.29, 0.717) is 0 Å². The predicted octanol–water partition coefficient (Wildman–Crippen LogP) is 4.73. The minimum absolute atomic E-state index is 1.31. The van der Waals surface area contributed by atoms with Crippen molar-refractivity contribution < 1.29 is 8.23 Å². The summed E-state index contributed by atoms with van der Waals surface area (Å²) in [6.45, 7) is 27.0. The van der Waals surface area contributed by atoms with Gasteiger partial charge >= 0.3 is 8.56 Å². The molecule has 0 bridgehead atoms. The molecule has 0 fully saturated rings. The van der Waals surface area contributed by atoms with Crippen LogP contribution in [0.2, 0.25) is 65.5 Å². The molecule has 0 spiro atoms. The molecule has 108 valence electrons. The Labute approximate surface area is 118 Å². The molecular weight excluding hydrogens is 288 g/mol. The van der Waals surface area contributed by atoms with Crippen molar-refractivity contribution in [2.45, 2.75) is 65.5 Å². The van der Waals surface area contributed by atoms with Crippen molar-refractivity contribution in [3.8, 4) is 0 Å². The van der Waals surface area contributed by atoms with Crippen molar-refractivity contribution >= 4 is 33.3 Å². The minimum atomic E-state index is -2.27. The fourth-order valence-electron chi connectivity index (χ4n) is 1.99. The van der Waals surface area contributed by atoms with E-state index in [-0.39, 0.29) is 0 Å². The first-order chi connectivity index (χ1) is 7.57. The molecule has 0 unspecified atom stereocenters. The maximum Gasteiger partial charge on any atom is 0.339 e. The average molecular weight is 321 g/mol. The van der Waals surface area contributed by atoms with E-state index in [2.05, 4.69) is 72.0 Å². The van der Waals surface area contributed by atoms with Gasteiger partial charge in [-0.15, -0.1) is 6.58 Å². The molecular formula is C12H32O2Si4. The molecule has 0 aromatic heterocycles. The highest BCUT2D eigenvalue weighted by Crippen LogP contribution is 2.31. The van der Waals surface area contributed by atoms with Crippen LogP contribution >= 0.6 is 0 Å². The molecule has 6 heteroatoms. The van der Waals surface area contributed by atoms with Crippen molar-refractivity contribution in [2.75, 3.05) is 0 Å². The standard InChI is InChI=1S/C12H32O2Si4/c1-12(15(2,3)4)18(11,13-16(5,6)7)14-17(8,9)10/h1H2,2-11H3. The number of rotatable bonds is 6. The molecule has 18 heavy (non-hydrogen) atoms. The Morgan fingerprint density at radius 3 is 1.11 bits per heavy atom. The molecule has 2 nitrogen and oxygen atoms in total. The van der Waals surface area contributed by atoms with Crippen molar-refractivity contribution in [1.82, 2.24) is 0 Å². The second kappa shape index (κ2) is 5.49. The first kappa shape index (κ1) is 18.5. The van der Waals surface area contributed by atoms with E-state index in [1.165, 1.54) is 4.82 Å². The topological polar surface area (TPSA) is 18.5 Å². The smallest absolute Gasteiger partial charge is 0.339 e. The summed E-state index contributed by atoms with van der Waals surface area (Å²) in [5.74, 6) is 0. The first-order valence-electron chi connectivity index (χ1n) is 6.67. The van der Waals surface area contributed by atoms with Crippen LogP contribution in [0.25, 0.3) is 0 Å². The Morgan fingerprint density at radius 1 is 0.667 bits per heavy atom. The molecule has 0 aliphatic heterocycles. The van der Waals surface area contributed by atoms with Gasteiger partial charge in [0.25, 0.3) is 0 Å². The van der Waals surface area contributed by atoms with Gasteiger partial charge in [0.15, 0.2) is 16.6 Å². The third-order valence-corrected chi connectivity index (χ3v) is 17.0. The van der Waals surface area contributed by atoms with Gasteiger partial charge in [0, 0.05) is 0 Å². The van der Waals surface area contributed by atoms with Crippen LogP contribution in [0.15, 0.2) is 11.4 Å². The van der Waals surface area contributed by atoms with Gasteiger partial charge in [-0.05, 0) is 50.6 Å². The second-order valence-corrected chi connectivity index (χ2v) is 26.3. The van der Waals surface area contributed by atoms with Crippen LogP contribution in [0.1, 0.15) is 0 Å². The van der Waals surface area contributed by atoms with Gasteiger partial charge in [0.05, 0.1) is 8.07 Å². The fraction of sp³-hybridized carbons (Fsp3) is 0.833. The third kappa shape index (κ3) is 6.62. The molecule has 0 heterocycles. The van der Waals surface area contributed by atoms with E-state index in [0.717, 1.165) is 0 Å². The zero-order chi connectivity index (χ0) is 15.0. The van der Waals surface area contributed by atoms with Crippen LogP contribution < -0.4 is 0 Å². The molecule has 0 saturated carbocycles. The predicted molar refractivity (Wildman–Crippen MR) is 93.0 cm³/mol. The van der Waals surface area contributed by atoms with Gasteiger partial charge < -0.3 is 8.23 Å². The summed E-state index contributed by atoms with van der Waals surface area (Å²) < 4.78 is 13.0. The van der Waals surface area contributed by atoms with E-state index in [4.69, 9.17) is 8.23 Å². The largest absolute Gasteiger partial charge is 0.434 e. The van der Waals surface area contributed by atoms with E-state index >= 15 is 0 Å². The molecule has 0 aliphatic rings. The first-order valence-corrected chi connectivity index (χ1v) is 19.3. The number of hydrogen-bond acceptors (Lipinski definition) is 2. The molecule has 0 rings (SSSR count). The van der Waals surface area contributed by atoms with E-state index in [1.807, 2.05) is 0 Å². The van der Waals surface area contributed by atoms with Gasteiger partial charge in [-0.3, -0.25) is 0 Å². The molecule has 0 radical (unpaired) electrons. The SMILES string of the molecule is C=C([Si](C)(C)C)[Si](C)(O[Si](C)(C)C)O[Si](C)(C)C. The molecule has 0 saturated heterocycles. The summed E-state index contributed by atoms with van der Waals surface area (Å²) in [6.07, 6.45) is 0. The lowest BCUT2D eigenvalue weighted by Gasteiger charge is -2.42. The van der Waals surface area contributed by atoms with E-state index in [9.17, 15) is 0 Å². The van der Waals surface area contributed by atoms with Gasteiger partial charge in [-0.2, -0.15) is 0 Å². The van der Waals surface area contributed by atoms with Gasteiger partial charge in [0.2, 0.25) is 0 Å². The van der Waals surface area contributed by atoms with Crippen LogP contribution in [0, 0.1) is 0 Å². The second-order valence-electron chi connectivity index (χ2n) is 8.10. The summed E-state index contributed by atoms with van der Waals surface area (Å²) in [7, 11) is -6.93. The highest BCUT2D eigenvalue weighted by Gasteiger charge is 2.46. The van der Waals surface area contributed by atoms with E-state index < -0.39 is 33.3 Å². The average Bonchev–Trinajstić information content (AvgIpc) is 1.92. The van der Waals surface area contributed by atoms with Gasteiger partial charge in [0.1, 0.15) is 0 Å². The Morgan fingerprint density at radius 2 is 0.944 bits per heavy atom. The highest BCUT2D eigenvalue weighted by molar-refractivity contribution is 7.05. The molecule has 0 aromatic rings. The Kier molecular flexibility index (Phi) is 5.65. The molecule has 0 aliphatic carbocycles. The zero-order valence-electron chi connectivity index (χ0n) is 14.0. The van der Waals surface area contributed by atoms with Crippen LogP contribution in [-0.2, 0) is 8.23 Å². The van der Waals surface area contributed by atoms with Crippen LogP contribution in [-0.4, -0.2) is 33.3 Å². The summed E-state index contributed by atoms with van der Waals surface area (Å²) >= 11 is 0. The van der Waals surface area contributed by atoms with Crippen molar-refractivity contribution in [3.05, 3.63) is 11.4 Å². The van der Waals surface area contributed by atoms with E-state index in [1.54, 1.807) is 0 Å². The maximum absolute atomic E-state index is 6.52. The molecule has 0 amide bonds. The third-order valence-electron chi connectivity index (χ3n) is 2.46. The highest BCUT2D eigenvalue weighted by atomic mass is 28.5. The Balaban J connectivity index is 5.36. The monoisotopic (exact) mass is 320 g/mol. The Bertz CT molecular complexity index is 292. The summed E-state index contributed by atoms with van der Waals surface area (Å²) in [6, 6.07) is 0. The van der Waals surface area contributed by atoms with Crippen molar-refractivity contribution in [1.29, 1.82) is 0 Å². The lowest BCUT2D eigenvalue weighted by molar-refractivity contribution is 0.401. The summed E-state index contributed by atoms with van der Waals surface area (Å²) in [5, 5.41) is 0. The van der Waals surface area contributed by atoms with Crippen LogP contribution in [0.4, 0.5) is 0 Å². The number of hydrogen-bond donors (Lipinski definition) is 0. The van der Waals surface area contributed by atoms with Gasteiger partial charge in [-0.1, -0.05) is 19.6 Å².